The summed E-state index contributed by atoms with van der Waals surface area (Å²) in [5, 5.41) is 9.07. The van der Waals surface area contributed by atoms with Crippen LogP contribution in [0.25, 0.3) is 21.8 Å². The van der Waals surface area contributed by atoms with E-state index in [9.17, 15) is 9.59 Å². The quantitative estimate of drug-likeness (QED) is 0.432. The molecule has 1 aliphatic rings. The Hall–Kier alpha value is -3.45. The Balaban J connectivity index is 1.30. The van der Waals surface area contributed by atoms with Crippen molar-refractivity contribution >= 4 is 27.7 Å². The maximum atomic E-state index is 13.3. The summed E-state index contributed by atoms with van der Waals surface area (Å²) >= 11 is 0. The van der Waals surface area contributed by atoms with E-state index in [-0.39, 0.29) is 11.5 Å². The van der Waals surface area contributed by atoms with Crippen molar-refractivity contribution in [3.63, 3.8) is 0 Å². The second-order valence-electron chi connectivity index (χ2n) is 9.09. The van der Waals surface area contributed by atoms with Crippen molar-refractivity contribution in [1.29, 1.82) is 0 Å². The van der Waals surface area contributed by atoms with Crippen LogP contribution >= 0.6 is 0 Å². The fourth-order valence-corrected chi connectivity index (χ4v) is 5.17. The predicted octanol–water partition coefficient (Wildman–Crippen LogP) is 3.40. The summed E-state index contributed by atoms with van der Waals surface area (Å²) in [6.45, 7) is 5.58. The number of nitrogens with one attached hydrogen (secondary N) is 1. The van der Waals surface area contributed by atoms with Crippen LogP contribution in [0.2, 0.25) is 0 Å². The SMILES string of the molecule is CCC(C(=O)NCCCN1CCc2ccccc2C1)n1c2ccccc2c2cnn(C)c(=O)c21. The molecule has 2 aromatic carbocycles. The molecule has 4 aromatic rings. The van der Waals surface area contributed by atoms with E-state index in [2.05, 4.69) is 39.6 Å². The number of para-hydroxylation sites is 1. The van der Waals surface area contributed by atoms with Crippen molar-refractivity contribution in [1.82, 2.24) is 24.6 Å². The Morgan fingerprint density at radius 1 is 1.09 bits per heavy atom. The Morgan fingerprint density at radius 3 is 2.68 bits per heavy atom. The molecule has 0 spiro atoms. The van der Waals surface area contributed by atoms with Gasteiger partial charge in [0.15, 0.2) is 0 Å². The number of hydrogen-bond acceptors (Lipinski definition) is 4. The van der Waals surface area contributed by atoms with Crippen LogP contribution in [0.1, 0.15) is 36.9 Å². The van der Waals surface area contributed by atoms with E-state index in [1.807, 2.05) is 35.8 Å². The first kappa shape index (κ1) is 22.3. The third kappa shape index (κ3) is 4.01. The van der Waals surface area contributed by atoms with Gasteiger partial charge in [0.2, 0.25) is 5.91 Å². The van der Waals surface area contributed by atoms with E-state index in [0.29, 0.717) is 18.5 Å². The van der Waals surface area contributed by atoms with Crippen molar-refractivity contribution in [2.45, 2.75) is 38.8 Å². The molecule has 7 nitrogen and oxygen atoms in total. The Kier molecular flexibility index (Phi) is 6.20. The molecule has 176 valence electrons. The molecule has 1 atom stereocenters. The summed E-state index contributed by atoms with van der Waals surface area (Å²) < 4.78 is 3.24. The van der Waals surface area contributed by atoms with Gasteiger partial charge in [0.25, 0.3) is 5.56 Å². The van der Waals surface area contributed by atoms with E-state index in [4.69, 9.17) is 0 Å². The lowest BCUT2D eigenvalue weighted by Gasteiger charge is -2.28. The minimum absolute atomic E-state index is 0.0481. The van der Waals surface area contributed by atoms with Crippen molar-refractivity contribution in [3.8, 4) is 0 Å². The number of carbonyl (C=O) groups is 1. The molecule has 0 saturated carbocycles. The normalized spacial score (nSPS) is 14.9. The number of aryl methyl sites for hydroxylation is 1. The molecule has 3 heterocycles. The molecule has 5 rings (SSSR count). The van der Waals surface area contributed by atoms with Gasteiger partial charge in [-0.1, -0.05) is 49.4 Å². The zero-order chi connectivity index (χ0) is 23.7. The third-order valence-electron chi connectivity index (χ3n) is 6.97. The van der Waals surface area contributed by atoms with Crippen LogP contribution in [0.4, 0.5) is 0 Å². The molecule has 2 aromatic heterocycles. The maximum absolute atomic E-state index is 13.3. The smallest absolute Gasteiger partial charge is 0.291 e. The third-order valence-corrected chi connectivity index (χ3v) is 6.97. The number of amides is 1. The number of hydrogen-bond donors (Lipinski definition) is 1. The summed E-state index contributed by atoms with van der Waals surface area (Å²) in [5.41, 5.74) is 4.09. The lowest BCUT2D eigenvalue weighted by molar-refractivity contribution is -0.124. The molecular formula is C27H31N5O2. The standard InChI is InChI=1S/C27H31N5O2/c1-3-23(26(33)28-14-8-15-31-16-13-19-9-4-5-10-20(19)18-31)32-24-12-7-6-11-21(24)22-17-29-30(2)27(34)25(22)32/h4-7,9-12,17,23H,3,8,13-16,18H2,1-2H3,(H,28,33). The summed E-state index contributed by atoms with van der Waals surface area (Å²) in [4.78, 5) is 28.8. The van der Waals surface area contributed by atoms with E-state index >= 15 is 0 Å². The number of fused-ring (bicyclic) bond motifs is 4. The maximum Gasteiger partial charge on any atom is 0.291 e. The topological polar surface area (TPSA) is 72.2 Å². The molecule has 1 amide bonds. The zero-order valence-corrected chi connectivity index (χ0v) is 19.8. The van der Waals surface area contributed by atoms with E-state index < -0.39 is 6.04 Å². The van der Waals surface area contributed by atoms with Crippen molar-refractivity contribution in [2.75, 3.05) is 19.6 Å². The van der Waals surface area contributed by atoms with E-state index in [0.717, 1.165) is 48.8 Å². The number of rotatable bonds is 7. The highest BCUT2D eigenvalue weighted by Gasteiger charge is 2.25. The lowest BCUT2D eigenvalue weighted by Crippen LogP contribution is -2.36. The number of carbonyl (C=O) groups excluding carboxylic acids is 1. The molecule has 34 heavy (non-hydrogen) atoms. The van der Waals surface area contributed by atoms with Crippen LogP contribution in [-0.2, 0) is 24.8 Å². The van der Waals surface area contributed by atoms with Crippen LogP contribution in [-0.4, -0.2) is 44.8 Å². The number of aromatic nitrogens is 3. The van der Waals surface area contributed by atoms with Gasteiger partial charge < -0.3 is 9.88 Å². The van der Waals surface area contributed by atoms with Crippen LogP contribution in [0.15, 0.2) is 59.5 Å². The first-order chi connectivity index (χ1) is 16.6. The lowest BCUT2D eigenvalue weighted by atomic mass is 10.00. The Bertz CT molecular complexity index is 1400. The highest BCUT2D eigenvalue weighted by atomic mass is 16.2. The molecule has 0 bridgehead atoms. The monoisotopic (exact) mass is 457 g/mol. The summed E-state index contributed by atoms with van der Waals surface area (Å²) in [5.74, 6) is -0.0481. The van der Waals surface area contributed by atoms with Gasteiger partial charge in [-0.25, -0.2) is 4.68 Å². The molecule has 0 saturated heterocycles. The fourth-order valence-electron chi connectivity index (χ4n) is 5.17. The predicted molar refractivity (Wildman–Crippen MR) is 135 cm³/mol. The van der Waals surface area contributed by atoms with Gasteiger partial charge in [0.05, 0.1) is 11.7 Å². The van der Waals surface area contributed by atoms with Gasteiger partial charge in [-0.3, -0.25) is 14.5 Å². The molecule has 1 unspecified atom stereocenters. The van der Waals surface area contributed by atoms with Gasteiger partial charge in [0, 0.05) is 44.0 Å². The van der Waals surface area contributed by atoms with Crippen molar-refractivity contribution in [3.05, 3.63) is 76.2 Å². The highest BCUT2D eigenvalue weighted by Crippen LogP contribution is 2.30. The van der Waals surface area contributed by atoms with Gasteiger partial charge in [0.1, 0.15) is 11.6 Å². The van der Waals surface area contributed by atoms with E-state index in [1.54, 1.807) is 13.2 Å². The van der Waals surface area contributed by atoms with Crippen LogP contribution in [0, 0.1) is 0 Å². The molecule has 0 fully saturated rings. The molecule has 1 N–H and O–H groups in total. The van der Waals surface area contributed by atoms with Crippen LogP contribution < -0.4 is 10.9 Å². The molecule has 0 aliphatic carbocycles. The molecule has 0 radical (unpaired) electrons. The van der Waals surface area contributed by atoms with Crippen LogP contribution in [0.3, 0.4) is 0 Å². The first-order valence-corrected chi connectivity index (χ1v) is 12.1. The largest absolute Gasteiger partial charge is 0.354 e. The summed E-state index contributed by atoms with van der Waals surface area (Å²) in [7, 11) is 1.64. The summed E-state index contributed by atoms with van der Waals surface area (Å²) in [6, 6.07) is 16.0. The van der Waals surface area contributed by atoms with E-state index in [1.165, 1.54) is 15.8 Å². The van der Waals surface area contributed by atoms with Crippen molar-refractivity contribution < 1.29 is 4.79 Å². The molecule has 1 aliphatic heterocycles. The summed E-state index contributed by atoms with van der Waals surface area (Å²) in [6.07, 6.45) is 4.28. The number of nitrogens with zero attached hydrogens (tertiary/aromatic N) is 4. The Labute approximate surface area is 199 Å². The zero-order valence-electron chi connectivity index (χ0n) is 19.8. The fraction of sp³-hybridized carbons (Fsp3) is 0.370. The number of benzene rings is 2. The van der Waals surface area contributed by atoms with Gasteiger partial charge in [-0.2, -0.15) is 5.10 Å². The van der Waals surface area contributed by atoms with Crippen molar-refractivity contribution in [2.24, 2.45) is 7.05 Å². The van der Waals surface area contributed by atoms with Crippen LogP contribution in [0.5, 0.6) is 0 Å². The van der Waals surface area contributed by atoms with Gasteiger partial charge in [-0.15, -0.1) is 0 Å². The van der Waals surface area contributed by atoms with Gasteiger partial charge in [-0.05, 0) is 36.5 Å². The van der Waals surface area contributed by atoms with Gasteiger partial charge >= 0.3 is 0 Å². The minimum atomic E-state index is -0.459. The second-order valence-corrected chi connectivity index (χ2v) is 9.09. The average Bonchev–Trinajstić information content (AvgIpc) is 3.19. The minimum Gasteiger partial charge on any atom is -0.354 e. The molecular weight excluding hydrogens is 426 g/mol. The molecule has 7 heteroatoms. The highest BCUT2D eigenvalue weighted by molar-refractivity contribution is 6.08. The second kappa shape index (κ2) is 9.43. The first-order valence-electron chi connectivity index (χ1n) is 12.1. The Morgan fingerprint density at radius 2 is 1.85 bits per heavy atom. The average molecular weight is 458 g/mol.